The van der Waals surface area contributed by atoms with Crippen molar-refractivity contribution in [2.45, 2.75) is 32.7 Å². The average molecular weight is 253 g/mol. The van der Waals surface area contributed by atoms with Crippen LogP contribution in [0.1, 0.15) is 26.3 Å². The number of halogens is 2. The Kier molecular flexibility index (Phi) is 3.39. The summed E-state index contributed by atoms with van der Waals surface area (Å²) < 4.78 is 32.2. The third kappa shape index (κ3) is 2.70. The van der Waals surface area contributed by atoms with Crippen LogP contribution < -0.4 is 5.32 Å². The Hall–Kier alpha value is -1.42. The van der Waals surface area contributed by atoms with E-state index in [-0.39, 0.29) is 16.5 Å². The highest BCUT2D eigenvalue weighted by Crippen LogP contribution is 2.26. The zero-order chi connectivity index (χ0) is 13.3. The van der Waals surface area contributed by atoms with Gasteiger partial charge in [-0.1, -0.05) is 0 Å². The summed E-state index contributed by atoms with van der Waals surface area (Å²) in [5.74, 6) is -0.965. The number of benzene rings is 1. The zero-order valence-corrected chi connectivity index (χ0v) is 10.8. The van der Waals surface area contributed by atoms with Gasteiger partial charge >= 0.3 is 0 Å². The van der Waals surface area contributed by atoms with Gasteiger partial charge in [-0.3, -0.25) is 0 Å². The van der Waals surface area contributed by atoms with Crippen LogP contribution in [0, 0.1) is 11.6 Å². The molecule has 0 saturated heterocycles. The highest BCUT2D eigenvalue weighted by atomic mass is 19.1. The summed E-state index contributed by atoms with van der Waals surface area (Å²) in [4.78, 5) is 0. The summed E-state index contributed by atoms with van der Waals surface area (Å²) in [5.41, 5.74) is 0.697. The molecule has 0 fully saturated rings. The molecule has 0 amide bonds. The van der Waals surface area contributed by atoms with E-state index in [1.807, 2.05) is 0 Å². The van der Waals surface area contributed by atoms with Crippen LogP contribution in [0.5, 0.6) is 0 Å². The summed E-state index contributed by atoms with van der Waals surface area (Å²) in [5, 5.41) is 3.56. The summed E-state index contributed by atoms with van der Waals surface area (Å²) >= 11 is 0. The molecule has 0 aliphatic rings. The lowest BCUT2D eigenvalue weighted by atomic mass is 10.1. The topological polar surface area (TPSA) is 25.2 Å². The molecule has 2 aromatic rings. The van der Waals surface area contributed by atoms with Gasteiger partial charge in [-0.2, -0.15) is 0 Å². The van der Waals surface area contributed by atoms with Gasteiger partial charge in [0.25, 0.3) is 0 Å². The summed E-state index contributed by atoms with van der Waals surface area (Å²) in [6.45, 7) is 6.86. The molecule has 0 aliphatic carbocycles. The van der Waals surface area contributed by atoms with E-state index in [4.69, 9.17) is 4.42 Å². The fraction of sp³-hybridized carbons (Fsp3) is 0.429. The van der Waals surface area contributed by atoms with E-state index in [2.05, 4.69) is 26.1 Å². The Morgan fingerprint density at radius 2 is 1.83 bits per heavy atom. The number of rotatable bonds is 3. The molecule has 1 aromatic heterocycles. The van der Waals surface area contributed by atoms with Crippen LogP contribution in [-0.4, -0.2) is 12.1 Å². The van der Waals surface area contributed by atoms with Crippen LogP contribution in [-0.2, 0) is 6.42 Å². The van der Waals surface area contributed by atoms with Crippen molar-refractivity contribution in [3.63, 3.8) is 0 Å². The molecule has 0 aliphatic heterocycles. The summed E-state index contributed by atoms with van der Waals surface area (Å²) in [6.07, 6.45) is 2.03. The third-order valence-corrected chi connectivity index (χ3v) is 2.75. The first-order valence-electron chi connectivity index (χ1n) is 5.97. The van der Waals surface area contributed by atoms with E-state index in [9.17, 15) is 8.78 Å². The third-order valence-electron chi connectivity index (χ3n) is 2.75. The molecule has 98 valence electrons. The molecular weight excluding hydrogens is 236 g/mol. The number of hydrogen-bond donors (Lipinski definition) is 1. The minimum absolute atomic E-state index is 0.000702. The van der Waals surface area contributed by atoms with Crippen molar-refractivity contribution in [3.8, 4) is 0 Å². The first-order chi connectivity index (χ1) is 8.38. The molecule has 2 rings (SSSR count). The second-order valence-corrected chi connectivity index (χ2v) is 5.42. The number of furan rings is 1. The van der Waals surface area contributed by atoms with E-state index in [1.54, 1.807) is 0 Å². The van der Waals surface area contributed by atoms with E-state index < -0.39 is 11.6 Å². The van der Waals surface area contributed by atoms with E-state index in [0.717, 1.165) is 12.1 Å². The Bertz CT molecular complexity index is 555. The molecular formula is C14H17F2NO. The van der Waals surface area contributed by atoms with Gasteiger partial charge < -0.3 is 9.73 Å². The van der Waals surface area contributed by atoms with Gasteiger partial charge in [-0.05, 0) is 45.9 Å². The van der Waals surface area contributed by atoms with Crippen molar-refractivity contribution in [3.05, 3.63) is 35.6 Å². The van der Waals surface area contributed by atoms with E-state index in [1.165, 1.54) is 6.26 Å². The van der Waals surface area contributed by atoms with Crippen LogP contribution in [0.3, 0.4) is 0 Å². The van der Waals surface area contributed by atoms with Crippen molar-refractivity contribution in [1.29, 1.82) is 0 Å². The second kappa shape index (κ2) is 4.69. The van der Waals surface area contributed by atoms with Gasteiger partial charge in [0.1, 0.15) is 5.82 Å². The lowest BCUT2D eigenvalue weighted by Crippen LogP contribution is -2.37. The van der Waals surface area contributed by atoms with Crippen LogP contribution >= 0.6 is 0 Å². The maximum atomic E-state index is 13.7. The number of fused-ring (bicyclic) bond motifs is 1. The first kappa shape index (κ1) is 13.0. The predicted molar refractivity (Wildman–Crippen MR) is 67.6 cm³/mol. The maximum Gasteiger partial charge on any atom is 0.172 e. The minimum Gasteiger partial charge on any atom is -0.461 e. The highest BCUT2D eigenvalue weighted by molar-refractivity contribution is 5.82. The lowest BCUT2D eigenvalue weighted by Gasteiger charge is -2.20. The molecule has 1 N–H and O–H groups in total. The molecule has 1 aromatic carbocycles. The molecule has 0 bridgehead atoms. The number of nitrogens with one attached hydrogen (secondary N) is 1. The highest BCUT2D eigenvalue weighted by Gasteiger charge is 2.15. The van der Waals surface area contributed by atoms with Crippen LogP contribution in [0.2, 0.25) is 0 Å². The Morgan fingerprint density at radius 1 is 1.17 bits per heavy atom. The number of hydrogen-bond acceptors (Lipinski definition) is 2. The second-order valence-electron chi connectivity index (χ2n) is 5.42. The molecule has 0 saturated carbocycles. The van der Waals surface area contributed by atoms with Crippen molar-refractivity contribution >= 4 is 11.0 Å². The van der Waals surface area contributed by atoms with Crippen LogP contribution in [0.4, 0.5) is 8.78 Å². The Labute approximate surface area is 105 Å². The average Bonchev–Trinajstić information content (AvgIpc) is 2.67. The Balaban J connectivity index is 2.22. The van der Waals surface area contributed by atoms with Gasteiger partial charge in [-0.25, -0.2) is 8.78 Å². The van der Waals surface area contributed by atoms with Crippen molar-refractivity contribution in [2.24, 2.45) is 0 Å². The molecule has 2 nitrogen and oxygen atoms in total. The van der Waals surface area contributed by atoms with Gasteiger partial charge in [0.15, 0.2) is 11.4 Å². The monoisotopic (exact) mass is 253 g/mol. The van der Waals surface area contributed by atoms with E-state index >= 15 is 0 Å². The fourth-order valence-corrected chi connectivity index (χ4v) is 1.89. The molecule has 4 heteroatoms. The molecule has 18 heavy (non-hydrogen) atoms. The molecule has 0 unspecified atom stereocenters. The summed E-state index contributed by atoms with van der Waals surface area (Å²) in [7, 11) is 0. The zero-order valence-electron chi connectivity index (χ0n) is 10.8. The maximum absolute atomic E-state index is 13.7. The van der Waals surface area contributed by atoms with Gasteiger partial charge in [0, 0.05) is 11.1 Å². The molecule has 0 atom stereocenters. The minimum atomic E-state index is -0.526. The quantitative estimate of drug-likeness (QED) is 0.903. The van der Waals surface area contributed by atoms with Gasteiger partial charge in [0.05, 0.1) is 11.6 Å². The smallest absolute Gasteiger partial charge is 0.172 e. The van der Waals surface area contributed by atoms with Crippen molar-refractivity contribution in [1.82, 2.24) is 5.32 Å². The first-order valence-corrected chi connectivity index (χ1v) is 5.97. The molecule has 1 heterocycles. The predicted octanol–water partition coefficient (Wildman–Crippen LogP) is 3.64. The van der Waals surface area contributed by atoms with Crippen molar-refractivity contribution < 1.29 is 13.2 Å². The lowest BCUT2D eigenvalue weighted by molar-refractivity contribution is 0.429. The van der Waals surface area contributed by atoms with E-state index in [0.29, 0.717) is 18.5 Å². The molecule has 0 spiro atoms. The van der Waals surface area contributed by atoms with Crippen LogP contribution in [0.25, 0.3) is 11.0 Å². The normalized spacial score (nSPS) is 12.3. The Morgan fingerprint density at radius 3 is 2.50 bits per heavy atom. The van der Waals surface area contributed by atoms with Crippen molar-refractivity contribution in [2.75, 3.05) is 6.54 Å². The molecule has 0 radical (unpaired) electrons. The van der Waals surface area contributed by atoms with Crippen LogP contribution in [0.15, 0.2) is 22.8 Å². The summed E-state index contributed by atoms with van der Waals surface area (Å²) in [6, 6.07) is 2.21. The fourth-order valence-electron chi connectivity index (χ4n) is 1.89. The SMILES string of the molecule is CC(C)(C)NCCc1coc2c(F)ccc(F)c12. The van der Waals surface area contributed by atoms with Gasteiger partial charge in [0.2, 0.25) is 0 Å². The standard InChI is InChI=1S/C14H17F2NO/c1-14(2,3)17-7-6-9-8-18-13-11(16)5-4-10(15)12(9)13/h4-5,8,17H,6-7H2,1-3H3. The van der Waals surface area contributed by atoms with Gasteiger partial charge in [-0.15, -0.1) is 0 Å². The largest absolute Gasteiger partial charge is 0.461 e.